The van der Waals surface area contributed by atoms with E-state index in [9.17, 15) is 4.39 Å². The molecule has 16 heavy (non-hydrogen) atoms. The Morgan fingerprint density at radius 1 is 1.31 bits per heavy atom. The number of anilines is 1. The van der Waals surface area contributed by atoms with Gasteiger partial charge in [0.2, 0.25) is 0 Å². The average Bonchev–Trinajstić information content (AvgIpc) is 2.30. The molecule has 3 heteroatoms. The van der Waals surface area contributed by atoms with Crippen LogP contribution in [-0.4, -0.2) is 13.1 Å². The highest BCUT2D eigenvalue weighted by atomic mass is 19.1. The second-order valence-electron chi connectivity index (χ2n) is 4.02. The molecule has 0 aliphatic heterocycles. The van der Waals surface area contributed by atoms with Gasteiger partial charge >= 0.3 is 0 Å². The molecule has 0 heterocycles. The third-order valence-corrected chi connectivity index (χ3v) is 3.17. The Morgan fingerprint density at radius 3 is 2.44 bits per heavy atom. The molecule has 0 fully saturated rings. The molecule has 0 spiro atoms. The fraction of sp³-hybridized carbons (Fsp3) is 0.538. The van der Waals surface area contributed by atoms with Gasteiger partial charge in [-0.3, -0.25) is 0 Å². The first-order valence-electron chi connectivity index (χ1n) is 5.85. The van der Waals surface area contributed by atoms with Gasteiger partial charge in [0.15, 0.2) is 0 Å². The standard InChI is InChI=1S/C13H21FN2/c1-4-10(5-2)16(3)13-8-6-7-12(14)11(13)9-15/h6-8,10H,4-5,9,15H2,1-3H3. The maximum absolute atomic E-state index is 13.6. The largest absolute Gasteiger partial charge is 0.371 e. The van der Waals surface area contributed by atoms with Gasteiger partial charge in [-0.25, -0.2) is 4.39 Å². The molecule has 0 bridgehead atoms. The molecule has 0 radical (unpaired) electrons. The van der Waals surface area contributed by atoms with Gasteiger partial charge in [-0.1, -0.05) is 19.9 Å². The first-order chi connectivity index (χ1) is 7.65. The summed E-state index contributed by atoms with van der Waals surface area (Å²) in [6, 6.07) is 5.57. The summed E-state index contributed by atoms with van der Waals surface area (Å²) in [4.78, 5) is 2.13. The molecule has 1 aromatic carbocycles. The number of halogens is 1. The van der Waals surface area contributed by atoms with Crippen molar-refractivity contribution in [3.05, 3.63) is 29.6 Å². The van der Waals surface area contributed by atoms with Gasteiger partial charge in [-0.2, -0.15) is 0 Å². The Labute approximate surface area is 97.3 Å². The van der Waals surface area contributed by atoms with Crippen LogP contribution in [0.2, 0.25) is 0 Å². The molecule has 0 amide bonds. The highest BCUT2D eigenvalue weighted by Gasteiger charge is 2.15. The molecule has 0 saturated heterocycles. The van der Waals surface area contributed by atoms with Crippen LogP contribution < -0.4 is 10.6 Å². The van der Waals surface area contributed by atoms with Crippen LogP contribution in [0, 0.1) is 5.82 Å². The summed E-state index contributed by atoms with van der Waals surface area (Å²) in [7, 11) is 2.01. The van der Waals surface area contributed by atoms with Crippen molar-refractivity contribution in [2.24, 2.45) is 5.73 Å². The quantitative estimate of drug-likeness (QED) is 0.833. The van der Waals surface area contributed by atoms with E-state index >= 15 is 0 Å². The third-order valence-electron chi connectivity index (χ3n) is 3.17. The van der Waals surface area contributed by atoms with E-state index < -0.39 is 0 Å². The summed E-state index contributed by atoms with van der Waals surface area (Å²) in [5.41, 5.74) is 7.13. The first-order valence-corrected chi connectivity index (χ1v) is 5.85. The Morgan fingerprint density at radius 2 is 1.94 bits per heavy atom. The molecule has 1 rings (SSSR count). The Hall–Kier alpha value is -1.09. The highest BCUT2D eigenvalue weighted by molar-refractivity contribution is 5.54. The lowest BCUT2D eigenvalue weighted by molar-refractivity contribution is 0.579. The van der Waals surface area contributed by atoms with E-state index in [0.29, 0.717) is 11.6 Å². The summed E-state index contributed by atoms with van der Waals surface area (Å²) in [6.07, 6.45) is 2.10. The second kappa shape index (κ2) is 5.85. The van der Waals surface area contributed by atoms with Crippen molar-refractivity contribution in [2.45, 2.75) is 39.3 Å². The SMILES string of the molecule is CCC(CC)N(C)c1cccc(F)c1CN. The minimum absolute atomic E-state index is 0.210. The van der Waals surface area contributed by atoms with E-state index in [1.165, 1.54) is 6.07 Å². The zero-order chi connectivity index (χ0) is 12.1. The summed E-state index contributed by atoms with van der Waals surface area (Å²) in [5.74, 6) is -0.210. The van der Waals surface area contributed by atoms with Gasteiger partial charge in [-0.05, 0) is 25.0 Å². The minimum Gasteiger partial charge on any atom is -0.371 e. The van der Waals surface area contributed by atoms with E-state index in [0.717, 1.165) is 18.5 Å². The predicted molar refractivity (Wildman–Crippen MR) is 67.1 cm³/mol. The zero-order valence-electron chi connectivity index (χ0n) is 10.3. The second-order valence-corrected chi connectivity index (χ2v) is 4.02. The maximum Gasteiger partial charge on any atom is 0.129 e. The van der Waals surface area contributed by atoms with Gasteiger partial charge in [0.1, 0.15) is 5.82 Å². The van der Waals surface area contributed by atoms with Gasteiger partial charge in [0.05, 0.1) is 0 Å². The maximum atomic E-state index is 13.6. The lowest BCUT2D eigenvalue weighted by Crippen LogP contribution is -2.31. The Balaban J connectivity index is 3.07. The van der Waals surface area contributed by atoms with E-state index in [1.807, 2.05) is 13.1 Å². The van der Waals surface area contributed by atoms with Crippen LogP contribution in [0.25, 0.3) is 0 Å². The van der Waals surface area contributed by atoms with Crippen LogP contribution >= 0.6 is 0 Å². The molecular formula is C13H21FN2. The van der Waals surface area contributed by atoms with Gasteiger partial charge in [-0.15, -0.1) is 0 Å². The minimum atomic E-state index is -0.210. The van der Waals surface area contributed by atoms with Crippen LogP contribution in [0.1, 0.15) is 32.3 Å². The van der Waals surface area contributed by atoms with Crippen molar-refractivity contribution in [1.29, 1.82) is 0 Å². The first kappa shape index (κ1) is 13.0. The van der Waals surface area contributed by atoms with Crippen molar-refractivity contribution in [3.63, 3.8) is 0 Å². The van der Waals surface area contributed by atoms with E-state index in [4.69, 9.17) is 5.73 Å². The number of rotatable bonds is 5. The monoisotopic (exact) mass is 224 g/mol. The topological polar surface area (TPSA) is 29.3 Å². The number of nitrogens with zero attached hydrogens (tertiary/aromatic N) is 1. The molecule has 2 nitrogen and oxygen atoms in total. The van der Waals surface area contributed by atoms with Gasteiger partial charge < -0.3 is 10.6 Å². The zero-order valence-corrected chi connectivity index (χ0v) is 10.3. The molecule has 1 aromatic rings. The molecule has 2 N–H and O–H groups in total. The number of nitrogens with two attached hydrogens (primary N) is 1. The fourth-order valence-corrected chi connectivity index (χ4v) is 2.11. The van der Waals surface area contributed by atoms with Crippen LogP contribution in [0.15, 0.2) is 18.2 Å². The van der Waals surface area contributed by atoms with Crippen molar-refractivity contribution < 1.29 is 4.39 Å². The van der Waals surface area contributed by atoms with Crippen molar-refractivity contribution >= 4 is 5.69 Å². The molecule has 0 aromatic heterocycles. The summed E-state index contributed by atoms with van der Waals surface area (Å²) >= 11 is 0. The normalized spacial score (nSPS) is 10.9. The smallest absolute Gasteiger partial charge is 0.129 e. The van der Waals surface area contributed by atoms with Crippen molar-refractivity contribution in [3.8, 4) is 0 Å². The van der Waals surface area contributed by atoms with Crippen LogP contribution in [0.5, 0.6) is 0 Å². The average molecular weight is 224 g/mol. The van der Waals surface area contributed by atoms with Crippen LogP contribution in [0.4, 0.5) is 10.1 Å². The highest BCUT2D eigenvalue weighted by Crippen LogP contribution is 2.25. The Kier molecular flexibility index (Phi) is 4.74. The van der Waals surface area contributed by atoms with E-state index in [1.54, 1.807) is 6.07 Å². The molecule has 90 valence electrons. The molecule has 0 atom stereocenters. The van der Waals surface area contributed by atoms with E-state index in [2.05, 4.69) is 18.7 Å². The number of hydrogen-bond acceptors (Lipinski definition) is 2. The lowest BCUT2D eigenvalue weighted by Gasteiger charge is -2.30. The van der Waals surface area contributed by atoms with E-state index in [-0.39, 0.29) is 12.4 Å². The molecule has 0 saturated carbocycles. The molecule has 0 aliphatic carbocycles. The number of hydrogen-bond donors (Lipinski definition) is 1. The third kappa shape index (κ3) is 2.53. The lowest BCUT2D eigenvalue weighted by atomic mass is 10.1. The predicted octanol–water partition coefficient (Wildman–Crippen LogP) is 2.91. The van der Waals surface area contributed by atoms with Crippen molar-refractivity contribution in [2.75, 3.05) is 11.9 Å². The van der Waals surface area contributed by atoms with Crippen LogP contribution in [0.3, 0.4) is 0 Å². The fourth-order valence-electron chi connectivity index (χ4n) is 2.11. The summed E-state index contributed by atoms with van der Waals surface area (Å²) in [6.45, 7) is 4.53. The molecular weight excluding hydrogens is 203 g/mol. The summed E-state index contributed by atoms with van der Waals surface area (Å²) in [5, 5.41) is 0. The summed E-state index contributed by atoms with van der Waals surface area (Å²) < 4.78 is 13.6. The Bertz CT molecular complexity index is 335. The molecule has 0 aliphatic rings. The number of benzene rings is 1. The van der Waals surface area contributed by atoms with Crippen molar-refractivity contribution in [1.82, 2.24) is 0 Å². The van der Waals surface area contributed by atoms with Gasteiger partial charge in [0.25, 0.3) is 0 Å². The van der Waals surface area contributed by atoms with Crippen LogP contribution in [-0.2, 0) is 6.54 Å². The molecule has 0 unspecified atom stereocenters. The van der Waals surface area contributed by atoms with Gasteiger partial charge in [0, 0.05) is 30.9 Å².